The Morgan fingerprint density at radius 3 is 2.58 bits per heavy atom. The summed E-state index contributed by atoms with van der Waals surface area (Å²) >= 11 is 0. The van der Waals surface area contributed by atoms with E-state index in [1.165, 1.54) is 0 Å². The third-order valence-electron chi connectivity index (χ3n) is 2.15. The van der Waals surface area contributed by atoms with Crippen LogP contribution in [-0.4, -0.2) is 11.1 Å². The molecule has 1 rings (SSSR count). The van der Waals surface area contributed by atoms with Gasteiger partial charge in [0, 0.05) is 0 Å². The minimum absolute atomic E-state index is 0.625. The Morgan fingerprint density at radius 2 is 2.17 bits per heavy atom. The predicted octanol–water partition coefficient (Wildman–Crippen LogP) is 2.37. The van der Waals surface area contributed by atoms with E-state index in [0.29, 0.717) is 6.42 Å². The highest BCUT2D eigenvalue weighted by Crippen LogP contribution is 2.33. The average molecular weight is 166 g/mol. The van der Waals surface area contributed by atoms with Crippen molar-refractivity contribution in [3.05, 3.63) is 23.3 Å². The molecule has 1 aliphatic rings. The first-order valence-electron chi connectivity index (χ1n) is 4.04. The molecule has 0 aliphatic heterocycles. The van der Waals surface area contributed by atoms with E-state index in [-0.39, 0.29) is 0 Å². The Bertz CT molecular complexity index is 274. The number of hydrogen-bond donors (Lipinski definition) is 1. The van der Waals surface area contributed by atoms with Crippen LogP contribution in [0.5, 0.6) is 0 Å². The van der Waals surface area contributed by atoms with E-state index in [1.807, 2.05) is 26.0 Å². The van der Waals surface area contributed by atoms with Gasteiger partial charge < -0.3 is 5.11 Å². The molecule has 0 fully saturated rings. The maximum atomic E-state index is 10.9. The monoisotopic (exact) mass is 166 g/mol. The molecule has 2 heteroatoms. The second-order valence-electron chi connectivity index (χ2n) is 3.78. The van der Waals surface area contributed by atoms with Crippen molar-refractivity contribution in [2.45, 2.75) is 27.2 Å². The SMILES string of the molecule is CC1=CC(C)(C(=O)O)CC(C)=C1. The minimum atomic E-state index is -0.741. The minimum Gasteiger partial charge on any atom is -0.481 e. The highest BCUT2D eigenvalue weighted by molar-refractivity contribution is 5.77. The van der Waals surface area contributed by atoms with Crippen LogP contribution in [0.15, 0.2) is 23.3 Å². The van der Waals surface area contributed by atoms with Gasteiger partial charge in [0.2, 0.25) is 0 Å². The molecule has 12 heavy (non-hydrogen) atoms. The number of carboxylic acids is 1. The van der Waals surface area contributed by atoms with Crippen molar-refractivity contribution >= 4 is 5.97 Å². The van der Waals surface area contributed by atoms with Crippen molar-refractivity contribution in [3.63, 3.8) is 0 Å². The summed E-state index contributed by atoms with van der Waals surface area (Å²) in [5, 5.41) is 8.96. The third-order valence-corrected chi connectivity index (χ3v) is 2.15. The molecule has 1 atom stereocenters. The van der Waals surface area contributed by atoms with Gasteiger partial charge in [-0.25, -0.2) is 0 Å². The summed E-state index contributed by atoms with van der Waals surface area (Å²) in [6, 6.07) is 0. The molecule has 1 unspecified atom stereocenters. The molecule has 0 radical (unpaired) electrons. The van der Waals surface area contributed by atoms with E-state index in [1.54, 1.807) is 6.92 Å². The summed E-state index contributed by atoms with van der Waals surface area (Å²) in [4.78, 5) is 10.9. The zero-order valence-corrected chi connectivity index (χ0v) is 7.72. The van der Waals surface area contributed by atoms with Crippen molar-refractivity contribution in [2.24, 2.45) is 5.41 Å². The summed E-state index contributed by atoms with van der Waals surface area (Å²) in [7, 11) is 0. The zero-order valence-electron chi connectivity index (χ0n) is 7.72. The van der Waals surface area contributed by atoms with E-state index in [4.69, 9.17) is 5.11 Å². The average Bonchev–Trinajstić information content (AvgIpc) is 1.82. The van der Waals surface area contributed by atoms with Crippen LogP contribution in [0.3, 0.4) is 0 Å². The fourth-order valence-corrected chi connectivity index (χ4v) is 1.75. The molecule has 2 nitrogen and oxygen atoms in total. The number of carboxylic acid groups (broad SMARTS) is 1. The Labute approximate surface area is 72.6 Å². The molecule has 0 aromatic rings. The van der Waals surface area contributed by atoms with Crippen molar-refractivity contribution in [3.8, 4) is 0 Å². The quantitative estimate of drug-likeness (QED) is 0.649. The molecule has 1 N–H and O–H groups in total. The number of aliphatic carboxylic acids is 1. The van der Waals surface area contributed by atoms with Crippen molar-refractivity contribution in [2.75, 3.05) is 0 Å². The summed E-state index contributed by atoms with van der Waals surface area (Å²) in [6.07, 6.45) is 4.48. The molecular weight excluding hydrogens is 152 g/mol. The smallest absolute Gasteiger partial charge is 0.313 e. The summed E-state index contributed by atoms with van der Waals surface area (Å²) in [5.41, 5.74) is 1.49. The van der Waals surface area contributed by atoms with Gasteiger partial charge in [0.15, 0.2) is 0 Å². The molecule has 66 valence electrons. The summed E-state index contributed by atoms with van der Waals surface area (Å²) < 4.78 is 0. The first-order chi connectivity index (χ1) is 5.44. The second kappa shape index (κ2) is 2.77. The fraction of sp³-hybridized carbons (Fsp3) is 0.500. The Kier molecular flexibility index (Phi) is 2.09. The van der Waals surface area contributed by atoms with E-state index in [2.05, 4.69) is 0 Å². The van der Waals surface area contributed by atoms with Crippen molar-refractivity contribution < 1.29 is 9.90 Å². The van der Waals surface area contributed by atoms with Gasteiger partial charge in [-0.2, -0.15) is 0 Å². The number of allylic oxidation sites excluding steroid dienone is 3. The lowest BCUT2D eigenvalue weighted by molar-refractivity contribution is -0.145. The van der Waals surface area contributed by atoms with Crippen LogP contribution >= 0.6 is 0 Å². The lowest BCUT2D eigenvalue weighted by Gasteiger charge is -2.25. The number of rotatable bonds is 1. The van der Waals surface area contributed by atoms with Crippen LogP contribution in [0.25, 0.3) is 0 Å². The lowest BCUT2D eigenvalue weighted by atomic mass is 9.78. The van der Waals surface area contributed by atoms with Gasteiger partial charge in [0.05, 0.1) is 5.41 Å². The van der Waals surface area contributed by atoms with Gasteiger partial charge in [0.1, 0.15) is 0 Å². The summed E-state index contributed by atoms with van der Waals surface area (Å²) in [6.45, 7) is 5.66. The molecule has 0 spiro atoms. The molecule has 0 aromatic heterocycles. The normalized spacial score (nSPS) is 29.2. The Hall–Kier alpha value is -1.05. The molecule has 0 aromatic carbocycles. The standard InChI is InChI=1S/C10H14O2/c1-7-4-8(2)6-10(3,5-7)9(11)12/h4-5H,6H2,1-3H3,(H,11,12). The number of carbonyl (C=O) groups is 1. The first kappa shape index (κ1) is 9.04. The van der Waals surface area contributed by atoms with Crippen LogP contribution in [-0.2, 0) is 4.79 Å². The van der Waals surface area contributed by atoms with Gasteiger partial charge in [0.25, 0.3) is 0 Å². The van der Waals surface area contributed by atoms with Crippen LogP contribution < -0.4 is 0 Å². The van der Waals surface area contributed by atoms with Crippen molar-refractivity contribution in [1.82, 2.24) is 0 Å². The zero-order chi connectivity index (χ0) is 9.35. The molecule has 0 saturated heterocycles. The first-order valence-corrected chi connectivity index (χ1v) is 4.04. The Balaban J connectivity index is 3.00. The maximum Gasteiger partial charge on any atom is 0.313 e. The molecule has 0 amide bonds. The van der Waals surface area contributed by atoms with Crippen LogP contribution in [0.4, 0.5) is 0 Å². The molecule has 0 heterocycles. The molecule has 0 bridgehead atoms. The maximum absolute atomic E-state index is 10.9. The van der Waals surface area contributed by atoms with E-state index >= 15 is 0 Å². The van der Waals surface area contributed by atoms with Gasteiger partial charge in [-0.05, 0) is 27.2 Å². The molecule has 1 aliphatic carbocycles. The predicted molar refractivity (Wildman–Crippen MR) is 47.9 cm³/mol. The van der Waals surface area contributed by atoms with Crippen LogP contribution in [0.1, 0.15) is 27.2 Å². The van der Waals surface area contributed by atoms with Gasteiger partial charge >= 0.3 is 5.97 Å². The third kappa shape index (κ3) is 1.58. The Morgan fingerprint density at radius 1 is 1.58 bits per heavy atom. The highest BCUT2D eigenvalue weighted by atomic mass is 16.4. The van der Waals surface area contributed by atoms with Crippen LogP contribution in [0, 0.1) is 5.41 Å². The molecular formula is C10H14O2. The van der Waals surface area contributed by atoms with E-state index in [0.717, 1.165) is 11.1 Å². The topological polar surface area (TPSA) is 37.3 Å². The summed E-state index contributed by atoms with van der Waals surface area (Å²) in [5.74, 6) is -0.741. The largest absolute Gasteiger partial charge is 0.481 e. The van der Waals surface area contributed by atoms with Crippen molar-refractivity contribution in [1.29, 1.82) is 0 Å². The second-order valence-corrected chi connectivity index (χ2v) is 3.78. The lowest BCUT2D eigenvalue weighted by Crippen LogP contribution is -2.27. The van der Waals surface area contributed by atoms with Gasteiger partial charge in [-0.3, -0.25) is 4.79 Å². The highest BCUT2D eigenvalue weighted by Gasteiger charge is 2.32. The van der Waals surface area contributed by atoms with E-state index < -0.39 is 11.4 Å². The molecule has 0 saturated carbocycles. The van der Waals surface area contributed by atoms with Crippen LogP contribution in [0.2, 0.25) is 0 Å². The van der Waals surface area contributed by atoms with Gasteiger partial charge in [-0.15, -0.1) is 0 Å². The fourth-order valence-electron chi connectivity index (χ4n) is 1.75. The van der Waals surface area contributed by atoms with Gasteiger partial charge in [-0.1, -0.05) is 23.3 Å². The number of hydrogen-bond acceptors (Lipinski definition) is 1. The van der Waals surface area contributed by atoms with E-state index in [9.17, 15) is 4.79 Å².